The first-order valence-corrected chi connectivity index (χ1v) is 12.7. The standard InChI is InChI=1S/C26H38ClN5O2/c1-20-14-23(6-7-24(20)27)34-19-26(15-25(33)32-12-10-29(3)11-13-32)8-5-9-31(18-26)17-22-16-30(4)28-21(22)2/h6-7,14,16H,5,8-13,15,17-19H2,1-4H3. The van der Waals surface area contributed by atoms with Crippen molar-refractivity contribution in [1.29, 1.82) is 0 Å². The van der Waals surface area contributed by atoms with Crippen LogP contribution >= 0.6 is 11.6 Å². The maximum absolute atomic E-state index is 13.4. The predicted octanol–water partition coefficient (Wildman–Crippen LogP) is 3.52. The van der Waals surface area contributed by atoms with Crippen LogP contribution in [0.25, 0.3) is 0 Å². The van der Waals surface area contributed by atoms with E-state index in [2.05, 4.69) is 35.1 Å². The summed E-state index contributed by atoms with van der Waals surface area (Å²) in [7, 11) is 4.08. The molecule has 3 heterocycles. The zero-order chi connectivity index (χ0) is 24.3. The third-order valence-corrected chi connectivity index (χ3v) is 7.73. The van der Waals surface area contributed by atoms with E-state index in [1.165, 1.54) is 5.56 Å². The number of ether oxygens (including phenoxy) is 1. The Morgan fingerprint density at radius 2 is 1.91 bits per heavy atom. The van der Waals surface area contributed by atoms with E-state index in [9.17, 15) is 4.79 Å². The normalized spacial score (nSPS) is 22.2. The molecule has 1 atom stereocenters. The Bertz CT molecular complexity index is 1000. The van der Waals surface area contributed by atoms with Crippen LogP contribution < -0.4 is 4.74 Å². The molecule has 2 aromatic rings. The van der Waals surface area contributed by atoms with Crippen molar-refractivity contribution in [3.63, 3.8) is 0 Å². The van der Waals surface area contributed by atoms with Crippen molar-refractivity contribution < 1.29 is 9.53 Å². The average Bonchev–Trinajstić information content (AvgIpc) is 3.11. The molecule has 8 heteroatoms. The molecule has 2 fully saturated rings. The molecule has 1 aromatic carbocycles. The molecule has 0 saturated carbocycles. The van der Waals surface area contributed by atoms with Crippen LogP contribution in [0.5, 0.6) is 5.75 Å². The number of nitrogens with zero attached hydrogens (tertiary/aromatic N) is 5. The summed E-state index contributed by atoms with van der Waals surface area (Å²) in [5.41, 5.74) is 3.10. The predicted molar refractivity (Wildman–Crippen MR) is 135 cm³/mol. The molecule has 4 rings (SSSR count). The quantitative estimate of drug-likeness (QED) is 0.598. The first kappa shape index (κ1) is 25.0. The average molecular weight is 488 g/mol. The van der Waals surface area contributed by atoms with Crippen LogP contribution in [-0.4, -0.2) is 83.3 Å². The zero-order valence-electron chi connectivity index (χ0n) is 21.0. The van der Waals surface area contributed by atoms with Crippen molar-refractivity contribution in [2.75, 3.05) is 52.9 Å². The number of likely N-dealkylation sites (N-methyl/N-ethyl adjacent to an activating group) is 1. The summed E-state index contributed by atoms with van der Waals surface area (Å²) in [6, 6.07) is 5.79. The molecular formula is C26H38ClN5O2. The number of likely N-dealkylation sites (tertiary alicyclic amines) is 1. The largest absolute Gasteiger partial charge is 0.493 e. The molecule has 2 aliphatic rings. The molecule has 2 saturated heterocycles. The monoisotopic (exact) mass is 487 g/mol. The van der Waals surface area contributed by atoms with Gasteiger partial charge in [-0.05, 0) is 64.0 Å². The molecule has 1 aromatic heterocycles. The number of aromatic nitrogens is 2. The van der Waals surface area contributed by atoms with Crippen LogP contribution in [0.2, 0.25) is 5.02 Å². The second-order valence-corrected chi connectivity index (χ2v) is 10.7. The maximum Gasteiger partial charge on any atom is 0.223 e. The summed E-state index contributed by atoms with van der Waals surface area (Å²) in [5, 5.41) is 5.25. The summed E-state index contributed by atoms with van der Waals surface area (Å²) in [4.78, 5) is 20.2. The van der Waals surface area contributed by atoms with Crippen molar-refractivity contribution >= 4 is 17.5 Å². The lowest BCUT2D eigenvalue weighted by Gasteiger charge is -2.43. The van der Waals surface area contributed by atoms with E-state index in [0.29, 0.717) is 13.0 Å². The molecule has 0 spiro atoms. The smallest absolute Gasteiger partial charge is 0.223 e. The number of carbonyl (C=O) groups excluding carboxylic acids is 1. The molecule has 1 unspecified atom stereocenters. The lowest BCUT2D eigenvalue weighted by Crippen LogP contribution is -2.52. The fourth-order valence-electron chi connectivity index (χ4n) is 5.23. The molecule has 0 aliphatic carbocycles. The highest BCUT2D eigenvalue weighted by Crippen LogP contribution is 2.36. The van der Waals surface area contributed by atoms with Gasteiger partial charge in [0.05, 0.1) is 12.3 Å². The number of carbonyl (C=O) groups is 1. The number of amides is 1. The minimum Gasteiger partial charge on any atom is -0.493 e. The van der Waals surface area contributed by atoms with Crippen molar-refractivity contribution in [3.05, 3.63) is 46.2 Å². The zero-order valence-corrected chi connectivity index (χ0v) is 21.8. The second kappa shape index (κ2) is 10.7. The number of hydrogen-bond acceptors (Lipinski definition) is 5. The van der Waals surface area contributed by atoms with Gasteiger partial charge >= 0.3 is 0 Å². The number of rotatable bonds is 7. The summed E-state index contributed by atoms with van der Waals surface area (Å²) >= 11 is 6.21. The number of piperidine rings is 1. The maximum atomic E-state index is 13.4. The van der Waals surface area contributed by atoms with E-state index in [-0.39, 0.29) is 11.3 Å². The molecule has 0 bridgehead atoms. The summed E-state index contributed by atoms with van der Waals surface area (Å²) in [6.45, 7) is 10.8. The van der Waals surface area contributed by atoms with E-state index in [1.807, 2.05) is 41.8 Å². The lowest BCUT2D eigenvalue weighted by atomic mass is 9.77. The van der Waals surface area contributed by atoms with Gasteiger partial charge in [-0.1, -0.05) is 11.6 Å². The number of halogens is 1. The Kier molecular flexibility index (Phi) is 7.85. The molecule has 0 radical (unpaired) electrons. The molecule has 34 heavy (non-hydrogen) atoms. The van der Waals surface area contributed by atoms with Crippen LogP contribution in [0.1, 0.15) is 36.1 Å². The van der Waals surface area contributed by atoms with E-state index in [1.54, 1.807) is 0 Å². The lowest BCUT2D eigenvalue weighted by molar-refractivity contribution is -0.137. The van der Waals surface area contributed by atoms with Gasteiger partial charge in [-0.25, -0.2) is 0 Å². The van der Waals surface area contributed by atoms with Crippen LogP contribution in [-0.2, 0) is 18.4 Å². The first-order chi connectivity index (χ1) is 16.2. The van der Waals surface area contributed by atoms with Gasteiger partial charge in [0.2, 0.25) is 5.91 Å². The highest BCUT2D eigenvalue weighted by atomic mass is 35.5. The second-order valence-electron chi connectivity index (χ2n) is 10.3. The van der Waals surface area contributed by atoms with Gasteiger partial charge in [0.1, 0.15) is 5.75 Å². The van der Waals surface area contributed by atoms with Crippen LogP contribution in [0, 0.1) is 19.3 Å². The minimum atomic E-state index is -0.220. The summed E-state index contributed by atoms with van der Waals surface area (Å²) in [5.74, 6) is 1.07. The molecule has 1 amide bonds. The number of benzene rings is 1. The van der Waals surface area contributed by atoms with Gasteiger partial charge < -0.3 is 14.5 Å². The van der Waals surface area contributed by atoms with E-state index < -0.39 is 0 Å². The number of hydrogen-bond donors (Lipinski definition) is 0. The van der Waals surface area contributed by atoms with Gasteiger partial charge in [-0.3, -0.25) is 14.4 Å². The Morgan fingerprint density at radius 1 is 1.15 bits per heavy atom. The molecule has 7 nitrogen and oxygen atoms in total. The van der Waals surface area contributed by atoms with Crippen molar-refractivity contribution in [3.8, 4) is 5.75 Å². The number of piperazine rings is 1. The van der Waals surface area contributed by atoms with Crippen LogP contribution in [0.4, 0.5) is 0 Å². The van der Waals surface area contributed by atoms with Gasteiger partial charge in [0.25, 0.3) is 0 Å². The van der Waals surface area contributed by atoms with Gasteiger partial charge in [0.15, 0.2) is 0 Å². The highest BCUT2D eigenvalue weighted by molar-refractivity contribution is 6.31. The Morgan fingerprint density at radius 3 is 2.59 bits per heavy atom. The van der Waals surface area contributed by atoms with Crippen molar-refractivity contribution in [2.45, 2.75) is 39.7 Å². The number of aryl methyl sites for hydroxylation is 3. The molecular weight excluding hydrogens is 450 g/mol. The van der Waals surface area contributed by atoms with E-state index in [4.69, 9.17) is 16.3 Å². The molecule has 186 valence electrons. The van der Waals surface area contributed by atoms with Gasteiger partial charge in [0, 0.05) is 74.9 Å². The summed E-state index contributed by atoms with van der Waals surface area (Å²) in [6.07, 6.45) is 4.67. The van der Waals surface area contributed by atoms with Crippen LogP contribution in [0.3, 0.4) is 0 Å². The SMILES string of the molecule is Cc1cc(OCC2(CC(=O)N3CCN(C)CC3)CCCN(Cc3cn(C)nc3C)C2)ccc1Cl. The third kappa shape index (κ3) is 6.12. The van der Waals surface area contributed by atoms with Gasteiger partial charge in [-0.2, -0.15) is 5.10 Å². The van der Waals surface area contributed by atoms with Crippen molar-refractivity contribution in [1.82, 2.24) is 24.5 Å². The van der Waals surface area contributed by atoms with E-state index >= 15 is 0 Å². The highest BCUT2D eigenvalue weighted by Gasteiger charge is 2.40. The molecule has 0 N–H and O–H groups in total. The van der Waals surface area contributed by atoms with E-state index in [0.717, 1.165) is 80.7 Å². The Labute approximate surface area is 208 Å². The Hall–Kier alpha value is -2.09. The first-order valence-electron chi connectivity index (χ1n) is 12.3. The fraction of sp³-hybridized carbons (Fsp3) is 0.615. The van der Waals surface area contributed by atoms with Crippen LogP contribution in [0.15, 0.2) is 24.4 Å². The van der Waals surface area contributed by atoms with Crippen molar-refractivity contribution in [2.24, 2.45) is 12.5 Å². The fourth-order valence-corrected chi connectivity index (χ4v) is 5.35. The topological polar surface area (TPSA) is 53.8 Å². The minimum absolute atomic E-state index is 0.220. The molecule has 2 aliphatic heterocycles. The summed E-state index contributed by atoms with van der Waals surface area (Å²) < 4.78 is 8.22. The Balaban J connectivity index is 1.50. The third-order valence-electron chi connectivity index (χ3n) is 7.31. The van der Waals surface area contributed by atoms with Gasteiger partial charge in [-0.15, -0.1) is 0 Å².